The summed E-state index contributed by atoms with van der Waals surface area (Å²) in [6, 6.07) is 9.40. The highest BCUT2D eigenvalue weighted by atomic mass is 16.5. The van der Waals surface area contributed by atoms with Crippen LogP contribution >= 0.6 is 0 Å². The number of nitrogens with two attached hydrogens (primary N) is 1. The molecule has 31 heavy (non-hydrogen) atoms. The number of primary amides is 1. The number of nitrogens with one attached hydrogen (secondary N) is 1. The zero-order valence-corrected chi connectivity index (χ0v) is 17.8. The summed E-state index contributed by atoms with van der Waals surface area (Å²) in [5.74, 6) is 2.46. The van der Waals surface area contributed by atoms with Crippen molar-refractivity contribution >= 4 is 17.5 Å². The zero-order chi connectivity index (χ0) is 22.0. The van der Waals surface area contributed by atoms with E-state index in [2.05, 4.69) is 15.4 Å². The van der Waals surface area contributed by atoms with Crippen molar-refractivity contribution in [2.45, 2.75) is 20.3 Å². The van der Waals surface area contributed by atoms with Crippen molar-refractivity contribution in [2.24, 2.45) is 12.8 Å². The molecule has 0 spiro atoms. The summed E-state index contributed by atoms with van der Waals surface area (Å²) in [7, 11) is 1.89. The lowest BCUT2D eigenvalue weighted by Crippen LogP contribution is -2.20. The molecule has 1 aliphatic carbocycles. The first-order chi connectivity index (χ1) is 15.0. The Bertz CT molecular complexity index is 1130. The molecule has 0 atom stereocenters. The molecular formula is C22H25N5O4. The maximum absolute atomic E-state index is 11.2. The maximum atomic E-state index is 11.2. The van der Waals surface area contributed by atoms with Gasteiger partial charge in [0.15, 0.2) is 23.9 Å². The number of hydrogen-bond donors (Lipinski definition) is 2. The Labute approximate surface area is 180 Å². The second-order valence-electron chi connectivity index (χ2n) is 7.04. The summed E-state index contributed by atoms with van der Waals surface area (Å²) >= 11 is 0. The van der Waals surface area contributed by atoms with E-state index in [0.717, 1.165) is 28.2 Å². The number of aromatic nitrogens is 3. The Balaban J connectivity index is 1.68. The molecule has 0 aliphatic heterocycles. The average Bonchev–Trinajstić information content (AvgIpc) is 3.24. The van der Waals surface area contributed by atoms with Gasteiger partial charge in [0, 0.05) is 30.7 Å². The Morgan fingerprint density at radius 3 is 2.68 bits per heavy atom. The minimum Gasteiger partial charge on any atom is -0.490 e. The fourth-order valence-electron chi connectivity index (χ4n) is 3.70. The summed E-state index contributed by atoms with van der Waals surface area (Å²) in [5.41, 5.74) is 9.35. The summed E-state index contributed by atoms with van der Waals surface area (Å²) < 4.78 is 18.6. The quantitative estimate of drug-likeness (QED) is 0.425. The molecule has 0 saturated heterocycles. The smallest absolute Gasteiger partial charge is 0.255 e. The number of carbonyl (C=O) groups is 1. The normalized spacial score (nSPS) is 11.6. The summed E-state index contributed by atoms with van der Waals surface area (Å²) in [4.78, 5) is 15.7. The van der Waals surface area contributed by atoms with Gasteiger partial charge in [-0.05, 0) is 37.6 Å². The van der Waals surface area contributed by atoms with Crippen LogP contribution in [0.25, 0.3) is 11.3 Å². The molecular weight excluding hydrogens is 398 g/mol. The lowest BCUT2D eigenvalue weighted by Gasteiger charge is -2.14. The fourth-order valence-corrected chi connectivity index (χ4v) is 3.70. The zero-order valence-electron chi connectivity index (χ0n) is 17.8. The van der Waals surface area contributed by atoms with Crippen LogP contribution in [0.2, 0.25) is 0 Å². The molecule has 1 aliphatic rings. The number of pyridine rings is 1. The lowest BCUT2D eigenvalue weighted by atomic mass is 10.1. The van der Waals surface area contributed by atoms with Gasteiger partial charge in [-0.2, -0.15) is 10.1 Å². The molecule has 1 aromatic carbocycles. The van der Waals surface area contributed by atoms with Crippen LogP contribution < -0.4 is 25.3 Å². The first-order valence-corrected chi connectivity index (χ1v) is 10.1. The maximum Gasteiger partial charge on any atom is 0.255 e. The molecule has 0 saturated carbocycles. The number of amides is 1. The minimum absolute atomic E-state index is 0.217. The van der Waals surface area contributed by atoms with Gasteiger partial charge >= 0.3 is 0 Å². The third kappa shape index (κ3) is 4.11. The minimum atomic E-state index is -0.544. The number of rotatable bonds is 9. The predicted octanol–water partition coefficient (Wildman–Crippen LogP) is 2.79. The first-order valence-electron chi connectivity index (χ1n) is 10.1. The Hall–Kier alpha value is -3.75. The third-order valence-electron chi connectivity index (χ3n) is 4.87. The Morgan fingerprint density at radius 1 is 1.16 bits per heavy atom. The largest absolute Gasteiger partial charge is 0.490 e. The summed E-state index contributed by atoms with van der Waals surface area (Å²) in [5, 5.41) is 7.95. The van der Waals surface area contributed by atoms with Crippen molar-refractivity contribution in [1.82, 2.24) is 14.8 Å². The number of aryl methyl sites for hydroxylation is 1. The van der Waals surface area contributed by atoms with E-state index < -0.39 is 5.91 Å². The molecule has 162 valence electrons. The van der Waals surface area contributed by atoms with Gasteiger partial charge < -0.3 is 25.3 Å². The van der Waals surface area contributed by atoms with Crippen LogP contribution in [0.15, 0.2) is 30.3 Å². The molecule has 4 rings (SSSR count). The number of anilines is 2. The van der Waals surface area contributed by atoms with Crippen LogP contribution in [0, 0.1) is 0 Å². The van der Waals surface area contributed by atoms with E-state index in [-0.39, 0.29) is 6.61 Å². The standard InChI is InChI=1S/C22H25N5O4/c1-4-29-16-10-13-9-15-21(14(13)11-17(16)31-12-18(23)28)27(3)26-22(15)25-19-7-6-8-20(24-19)30-5-2/h6-8,10-11H,4-5,9,12H2,1-3H3,(H2,23,28)(H,24,25,26). The molecule has 1 amide bonds. The lowest BCUT2D eigenvalue weighted by molar-refractivity contribution is -0.119. The van der Waals surface area contributed by atoms with Gasteiger partial charge in [0.2, 0.25) is 5.88 Å². The highest BCUT2D eigenvalue weighted by Crippen LogP contribution is 2.45. The van der Waals surface area contributed by atoms with Crippen molar-refractivity contribution < 1.29 is 19.0 Å². The van der Waals surface area contributed by atoms with Crippen molar-refractivity contribution in [3.8, 4) is 28.6 Å². The predicted molar refractivity (Wildman–Crippen MR) is 116 cm³/mol. The van der Waals surface area contributed by atoms with Crippen LogP contribution in [0.5, 0.6) is 17.4 Å². The summed E-state index contributed by atoms with van der Waals surface area (Å²) in [6.45, 7) is 4.63. The van der Waals surface area contributed by atoms with E-state index >= 15 is 0 Å². The monoisotopic (exact) mass is 423 g/mol. The second-order valence-corrected chi connectivity index (χ2v) is 7.04. The molecule has 0 bridgehead atoms. The fraction of sp³-hybridized carbons (Fsp3) is 0.318. The number of fused-ring (bicyclic) bond motifs is 3. The molecule has 0 radical (unpaired) electrons. The van der Waals surface area contributed by atoms with Gasteiger partial charge in [0.25, 0.3) is 5.91 Å². The van der Waals surface area contributed by atoms with E-state index in [1.807, 2.05) is 55.9 Å². The second kappa shape index (κ2) is 8.55. The highest BCUT2D eigenvalue weighted by molar-refractivity contribution is 5.82. The van der Waals surface area contributed by atoms with Crippen LogP contribution in [0.1, 0.15) is 25.0 Å². The molecule has 2 heterocycles. The van der Waals surface area contributed by atoms with Crippen LogP contribution in [-0.4, -0.2) is 40.5 Å². The van der Waals surface area contributed by atoms with Gasteiger partial charge in [-0.15, -0.1) is 0 Å². The van der Waals surface area contributed by atoms with Crippen molar-refractivity contribution in [2.75, 3.05) is 25.1 Å². The van der Waals surface area contributed by atoms with Crippen LogP contribution in [0.4, 0.5) is 11.6 Å². The topological polar surface area (TPSA) is 114 Å². The van der Waals surface area contributed by atoms with E-state index in [0.29, 0.717) is 42.8 Å². The van der Waals surface area contributed by atoms with Crippen molar-refractivity contribution in [3.63, 3.8) is 0 Å². The van der Waals surface area contributed by atoms with Gasteiger partial charge in [-0.25, -0.2) is 0 Å². The number of carbonyl (C=O) groups excluding carboxylic acids is 1. The van der Waals surface area contributed by atoms with Gasteiger partial charge in [-0.3, -0.25) is 9.48 Å². The van der Waals surface area contributed by atoms with Crippen molar-refractivity contribution in [3.05, 3.63) is 41.5 Å². The SMILES string of the molecule is CCOc1cccc(Nc2nn(C)c3c2Cc2cc(OCC)c(OCC(N)=O)cc2-3)n1. The van der Waals surface area contributed by atoms with E-state index in [9.17, 15) is 4.79 Å². The van der Waals surface area contributed by atoms with E-state index in [1.54, 1.807) is 0 Å². The van der Waals surface area contributed by atoms with E-state index in [4.69, 9.17) is 19.9 Å². The van der Waals surface area contributed by atoms with Gasteiger partial charge in [0.1, 0.15) is 5.82 Å². The molecule has 2 aromatic heterocycles. The Morgan fingerprint density at radius 2 is 1.94 bits per heavy atom. The molecule has 0 fully saturated rings. The number of hydrogen-bond acceptors (Lipinski definition) is 7. The number of nitrogens with zero attached hydrogens (tertiary/aromatic N) is 3. The van der Waals surface area contributed by atoms with Gasteiger partial charge in [0.05, 0.1) is 18.9 Å². The molecule has 9 nitrogen and oxygen atoms in total. The number of ether oxygens (including phenoxy) is 3. The molecule has 9 heteroatoms. The molecule has 3 N–H and O–H groups in total. The van der Waals surface area contributed by atoms with E-state index in [1.165, 1.54) is 0 Å². The van der Waals surface area contributed by atoms with Crippen molar-refractivity contribution in [1.29, 1.82) is 0 Å². The summed E-state index contributed by atoms with van der Waals surface area (Å²) in [6.07, 6.45) is 0.683. The highest BCUT2D eigenvalue weighted by Gasteiger charge is 2.29. The third-order valence-corrected chi connectivity index (χ3v) is 4.87. The average molecular weight is 423 g/mol. The number of benzene rings is 1. The Kier molecular flexibility index (Phi) is 5.66. The first kappa shape index (κ1) is 20.5. The van der Waals surface area contributed by atoms with Gasteiger partial charge in [-0.1, -0.05) is 6.07 Å². The molecule has 3 aromatic rings. The van der Waals surface area contributed by atoms with Crippen LogP contribution in [-0.2, 0) is 18.3 Å². The molecule has 0 unspecified atom stereocenters. The van der Waals surface area contributed by atoms with Crippen LogP contribution in [0.3, 0.4) is 0 Å².